The number of rotatable bonds is 6. The van der Waals surface area contributed by atoms with Gasteiger partial charge in [-0.2, -0.15) is 0 Å². The Hall–Kier alpha value is -3.52. The summed E-state index contributed by atoms with van der Waals surface area (Å²) in [7, 11) is 2.92. The van der Waals surface area contributed by atoms with Gasteiger partial charge in [-0.3, -0.25) is 9.69 Å². The lowest BCUT2D eigenvalue weighted by Crippen LogP contribution is -2.31. The number of hydrogen-bond donors (Lipinski definition) is 1. The van der Waals surface area contributed by atoms with Gasteiger partial charge in [0.15, 0.2) is 5.17 Å². The number of ether oxygens (including phenoxy) is 2. The van der Waals surface area contributed by atoms with Crippen LogP contribution in [0.3, 0.4) is 0 Å². The third-order valence-electron chi connectivity index (χ3n) is 4.90. The lowest BCUT2D eigenvalue weighted by atomic mass is 10.1. The summed E-state index contributed by atoms with van der Waals surface area (Å²) in [5.41, 5.74) is 2.80. The van der Waals surface area contributed by atoms with Crippen molar-refractivity contribution in [1.82, 2.24) is 9.88 Å². The normalized spacial score (nSPS) is 16.5. The summed E-state index contributed by atoms with van der Waals surface area (Å²) in [5.74, 6) is -0.0567. The highest BCUT2D eigenvalue weighted by molar-refractivity contribution is 8.18. The topological polar surface area (TPSA) is 84.0 Å². The fourth-order valence-electron chi connectivity index (χ4n) is 3.29. The number of methoxy groups -OCH3 is 2. The molecule has 31 heavy (non-hydrogen) atoms. The minimum Gasteiger partial charge on any atom is -0.497 e. The molecule has 1 aromatic heterocycles. The van der Waals surface area contributed by atoms with Crippen LogP contribution in [0, 0.1) is 0 Å². The molecule has 2 aromatic carbocycles. The number of aromatic nitrogens is 1. The van der Waals surface area contributed by atoms with E-state index in [1.165, 1.54) is 24.9 Å². The summed E-state index contributed by atoms with van der Waals surface area (Å²) < 4.78 is 10.0. The van der Waals surface area contributed by atoms with Crippen molar-refractivity contribution in [3.05, 3.63) is 71.3 Å². The highest BCUT2D eigenvalue weighted by Crippen LogP contribution is 2.33. The Kier molecular flexibility index (Phi) is 6.08. The third-order valence-corrected chi connectivity index (χ3v) is 5.91. The van der Waals surface area contributed by atoms with Crippen LogP contribution < -0.4 is 4.74 Å². The van der Waals surface area contributed by atoms with Crippen LogP contribution in [-0.2, 0) is 20.7 Å². The van der Waals surface area contributed by atoms with E-state index in [9.17, 15) is 9.59 Å². The number of esters is 1. The number of H-pyrrole nitrogens is 1. The molecule has 0 atom stereocenters. The van der Waals surface area contributed by atoms with E-state index in [-0.39, 0.29) is 5.91 Å². The predicted octanol–water partition coefficient (Wildman–Crippen LogP) is 4.04. The first kappa shape index (κ1) is 20.7. The Morgan fingerprint density at radius 2 is 2.00 bits per heavy atom. The van der Waals surface area contributed by atoms with Crippen molar-refractivity contribution < 1.29 is 19.1 Å². The zero-order valence-corrected chi connectivity index (χ0v) is 17.9. The zero-order chi connectivity index (χ0) is 21.8. The fourth-order valence-corrected chi connectivity index (χ4v) is 4.28. The van der Waals surface area contributed by atoms with Gasteiger partial charge in [-0.25, -0.2) is 9.79 Å². The van der Waals surface area contributed by atoms with Gasteiger partial charge in [0.25, 0.3) is 5.91 Å². The van der Waals surface area contributed by atoms with Gasteiger partial charge in [0.1, 0.15) is 5.75 Å². The molecule has 158 valence electrons. The number of carbonyl (C=O) groups excluding carboxylic acids is 2. The molecule has 1 fully saturated rings. The van der Waals surface area contributed by atoms with Gasteiger partial charge in [0.05, 0.1) is 24.8 Å². The Morgan fingerprint density at radius 1 is 1.19 bits per heavy atom. The Morgan fingerprint density at radius 3 is 2.74 bits per heavy atom. The van der Waals surface area contributed by atoms with Gasteiger partial charge in [-0.1, -0.05) is 18.2 Å². The number of aliphatic imine (C=N–C) groups is 1. The van der Waals surface area contributed by atoms with E-state index in [0.29, 0.717) is 23.0 Å². The van der Waals surface area contributed by atoms with Gasteiger partial charge in [0.2, 0.25) is 0 Å². The first-order valence-electron chi connectivity index (χ1n) is 9.66. The second kappa shape index (κ2) is 9.09. The Balaban J connectivity index is 1.62. The van der Waals surface area contributed by atoms with Crippen molar-refractivity contribution in [2.75, 3.05) is 20.8 Å². The quantitative estimate of drug-likeness (QED) is 0.467. The van der Waals surface area contributed by atoms with E-state index in [0.717, 1.165) is 27.9 Å². The second-order valence-electron chi connectivity index (χ2n) is 6.80. The predicted molar refractivity (Wildman–Crippen MR) is 121 cm³/mol. The van der Waals surface area contributed by atoms with E-state index in [1.54, 1.807) is 12.0 Å². The minimum absolute atomic E-state index is 0.262. The van der Waals surface area contributed by atoms with E-state index in [2.05, 4.69) is 14.7 Å². The van der Waals surface area contributed by atoms with Crippen LogP contribution in [0.5, 0.6) is 5.75 Å². The maximum atomic E-state index is 13.0. The summed E-state index contributed by atoms with van der Waals surface area (Å²) in [6, 6.07) is 15.2. The molecule has 1 amide bonds. The number of fused-ring (bicyclic) bond motifs is 1. The summed E-state index contributed by atoms with van der Waals surface area (Å²) in [6.45, 7) is 0.417. The molecule has 0 saturated carbocycles. The van der Waals surface area contributed by atoms with Gasteiger partial charge in [-0.15, -0.1) is 0 Å². The number of nitrogens with zero attached hydrogens (tertiary/aromatic N) is 2. The highest BCUT2D eigenvalue weighted by Gasteiger charge is 2.34. The smallest absolute Gasteiger partial charge is 0.331 e. The number of nitrogens with one attached hydrogen (secondary N) is 1. The number of carbonyl (C=O) groups is 2. The summed E-state index contributed by atoms with van der Waals surface area (Å²) in [4.78, 5) is 34.5. The van der Waals surface area contributed by atoms with Crippen LogP contribution in [0.4, 0.5) is 5.69 Å². The van der Waals surface area contributed by atoms with Gasteiger partial charge < -0.3 is 14.5 Å². The monoisotopic (exact) mass is 435 g/mol. The van der Waals surface area contributed by atoms with Crippen molar-refractivity contribution in [3.63, 3.8) is 0 Å². The molecule has 7 nitrogen and oxygen atoms in total. The summed E-state index contributed by atoms with van der Waals surface area (Å²) in [6.07, 6.45) is 3.76. The average Bonchev–Trinajstić information content (AvgIpc) is 3.33. The number of para-hydroxylation sites is 1. The fraction of sp³-hybridized carbons (Fsp3) is 0.174. The SMILES string of the molecule is COC(=O)/C=C1/SC(=Nc2ccccc2)N(CCc2c[nH]c3ccc(OC)cc23)C1=O. The molecule has 1 aliphatic rings. The number of aromatic amines is 1. The van der Waals surface area contributed by atoms with Gasteiger partial charge in [-0.05, 0) is 54.1 Å². The van der Waals surface area contributed by atoms with E-state index < -0.39 is 5.97 Å². The van der Waals surface area contributed by atoms with Crippen LogP contribution in [0.25, 0.3) is 10.9 Å². The lowest BCUT2D eigenvalue weighted by Gasteiger charge is -2.15. The van der Waals surface area contributed by atoms with Crippen LogP contribution >= 0.6 is 11.8 Å². The number of amidine groups is 1. The van der Waals surface area contributed by atoms with Crippen molar-refractivity contribution >= 4 is 45.4 Å². The van der Waals surface area contributed by atoms with Gasteiger partial charge >= 0.3 is 5.97 Å². The molecule has 0 aliphatic carbocycles. The number of benzene rings is 2. The zero-order valence-electron chi connectivity index (χ0n) is 17.1. The first-order valence-corrected chi connectivity index (χ1v) is 10.5. The van der Waals surface area contributed by atoms with Crippen molar-refractivity contribution in [3.8, 4) is 5.75 Å². The lowest BCUT2D eigenvalue weighted by molar-refractivity contribution is -0.135. The highest BCUT2D eigenvalue weighted by atomic mass is 32.2. The number of thioether (sulfide) groups is 1. The molecule has 0 radical (unpaired) electrons. The van der Waals surface area contributed by atoms with E-state index in [4.69, 9.17) is 4.74 Å². The molecule has 1 aliphatic heterocycles. The molecular weight excluding hydrogens is 414 g/mol. The molecule has 0 bridgehead atoms. The van der Waals surface area contributed by atoms with Crippen molar-refractivity contribution in [2.45, 2.75) is 6.42 Å². The van der Waals surface area contributed by atoms with E-state index in [1.807, 2.05) is 54.7 Å². The molecule has 4 rings (SSSR count). The van der Waals surface area contributed by atoms with Crippen molar-refractivity contribution in [1.29, 1.82) is 0 Å². The Labute approximate surface area is 183 Å². The Bertz CT molecular complexity index is 1180. The molecule has 0 unspecified atom stereocenters. The molecule has 1 saturated heterocycles. The third kappa shape index (κ3) is 4.49. The molecule has 1 N–H and O–H groups in total. The number of amides is 1. The molecule has 3 aromatic rings. The molecule has 2 heterocycles. The average molecular weight is 436 g/mol. The largest absolute Gasteiger partial charge is 0.497 e. The molecule has 8 heteroatoms. The molecular formula is C23H21N3O4S. The standard InChI is InChI=1S/C23H21N3O4S/c1-29-17-8-9-19-18(12-17)15(14-24-19)10-11-26-22(28)20(13-21(27)30-2)31-23(26)25-16-6-4-3-5-7-16/h3-9,12-14,24H,10-11H2,1-2H3/b20-13+,25-23?. The van der Waals surface area contributed by atoms with Crippen LogP contribution in [0.2, 0.25) is 0 Å². The van der Waals surface area contributed by atoms with E-state index >= 15 is 0 Å². The minimum atomic E-state index is -0.569. The summed E-state index contributed by atoms with van der Waals surface area (Å²) in [5, 5.41) is 1.58. The first-order chi connectivity index (χ1) is 15.1. The van der Waals surface area contributed by atoms with Crippen LogP contribution in [-0.4, -0.2) is 47.7 Å². The van der Waals surface area contributed by atoms with Crippen LogP contribution in [0.15, 0.2) is 70.7 Å². The summed E-state index contributed by atoms with van der Waals surface area (Å²) >= 11 is 1.17. The molecule has 0 spiro atoms. The second-order valence-corrected chi connectivity index (χ2v) is 7.81. The number of hydrogen-bond acceptors (Lipinski definition) is 6. The maximum Gasteiger partial charge on any atom is 0.331 e. The van der Waals surface area contributed by atoms with Gasteiger partial charge in [0, 0.05) is 29.7 Å². The van der Waals surface area contributed by atoms with Crippen molar-refractivity contribution in [2.24, 2.45) is 4.99 Å². The van der Waals surface area contributed by atoms with Crippen LogP contribution in [0.1, 0.15) is 5.56 Å². The maximum absolute atomic E-state index is 13.0.